The molecular weight excluding hydrogens is 367 g/mol. The monoisotopic (exact) mass is 382 g/mol. The molecule has 0 aliphatic carbocycles. The number of rotatable bonds is 4. The summed E-state index contributed by atoms with van der Waals surface area (Å²) in [4.78, 5) is 16.2. The van der Waals surface area contributed by atoms with Gasteiger partial charge in [0.25, 0.3) is 5.91 Å². The molecule has 1 aliphatic rings. The van der Waals surface area contributed by atoms with E-state index in [1.165, 1.54) is 18.2 Å². The second-order valence-corrected chi connectivity index (χ2v) is 6.78. The minimum absolute atomic E-state index is 0.212. The van der Waals surface area contributed by atoms with Crippen LogP contribution < -0.4 is 10.1 Å². The first-order valence-electron chi connectivity index (χ1n) is 8.53. The molecule has 0 saturated heterocycles. The van der Waals surface area contributed by atoms with Gasteiger partial charge in [-0.1, -0.05) is 17.7 Å². The first-order chi connectivity index (χ1) is 13.1. The Morgan fingerprint density at radius 1 is 1.22 bits per heavy atom. The van der Waals surface area contributed by atoms with E-state index in [0.29, 0.717) is 18.0 Å². The molecule has 2 heterocycles. The molecule has 1 N–H and O–H groups in total. The second-order valence-electron chi connectivity index (χ2n) is 6.34. The van der Waals surface area contributed by atoms with Crippen molar-refractivity contribution >= 4 is 17.5 Å². The van der Waals surface area contributed by atoms with E-state index in [1.807, 2.05) is 24.3 Å². The first kappa shape index (κ1) is 17.5. The maximum Gasteiger partial charge on any atom is 0.251 e. The molecule has 0 spiro atoms. The number of hydrogen-bond donors (Lipinski definition) is 1. The van der Waals surface area contributed by atoms with Crippen molar-refractivity contribution in [1.29, 1.82) is 0 Å². The minimum atomic E-state index is -0.441. The van der Waals surface area contributed by atoms with E-state index in [9.17, 15) is 9.18 Å². The lowest BCUT2D eigenvalue weighted by Crippen LogP contribution is -2.34. The molecule has 136 valence electrons. The molecule has 6 heteroatoms. The van der Waals surface area contributed by atoms with E-state index < -0.39 is 5.82 Å². The summed E-state index contributed by atoms with van der Waals surface area (Å²) in [5.74, 6) is 0.000793. The number of carbonyl (C=O) groups is 1. The quantitative estimate of drug-likeness (QED) is 0.733. The minimum Gasteiger partial charge on any atom is -0.487 e. The molecule has 1 aliphatic heterocycles. The average Bonchev–Trinajstić information content (AvgIpc) is 3.09. The molecule has 27 heavy (non-hydrogen) atoms. The Bertz CT molecular complexity index is 995. The smallest absolute Gasteiger partial charge is 0.251 e. The van der Waals surface area contributed by atoms with Crippen LogP contribution in [0.4, 0.5) is 4.39 Å². The number of fused-ring (bicyclic) bond motifs is 1. The molecule has 1 amide bonds. The second kappa shape index (κ2) is 7.37. The van der Waals surface area contributed by atoms with Gasteiger partial charge in [0.1, 0.15) is 17.7 Å². The summed E-state index contributed by atoms with van der Waals surface area (Å²) in [5.41, 5.74) is 3.15. The zero-order valence-electron chi connectivity index (χ0n) is 14.3. The lowest BCUT2D eigenvalue weighted by Gasteiger charge is -2.14. The van der Waals surface area contributed by atoms with E-state index in [4.69, 9.17) is 16.3 Å². The van der Waals surface area contributed by atoms with Crippen molar-refractivity contribution in [1.82, 2.24) is 10.3 Å². The topological polar surface area (TPSA) is 51.2 Å². The van der Waals surface area contributed by atoms with E-state index in [-0.39, 0.29) is 17.6 Å². The van der Waals surface area contributed by atoms with Crippen LogP contribution >= 0.6 is 11.6 Å². The van der Waals surface area contributed by atoms with Gasteiger partial charge < -0.3 is 10.1 Å². The zero-order chi connectivity index (χ0) is 18.8. The Hall–Kier alpha value is -2.92. The maximum absolute atomic E-state index is 13.3. The summed E-state index contributed by atoms with van der Waals surface area (Å²) in [7, 11) is 0. The van der Waals surface area contributed by atoms with Gasteiger partial charge in [-0.05, 0) is 48.0 Å². The van der Waals surface area contributed by atoms with Crippen molar-refractivity contribution < 1.29 is 13.9 Å². The maximum atomic E-state index is 13.3. The van der Waals surface area contributed by atoms with Gasteiger partial charge >= 0.3 is 0 Å². The third kappa shape index (κ3) is 3.78. The van der Waals surface area contributed by atoms with Crippen LogP contribution in [-0.2, 0) is 6.42 Å². The standard InChI is InChI=1S/C21H16ClFN2O2/c22-16-8-15-10-18(12-25-21(26)14-2-1-3-17(23)9-14)27-20(15)19(11-16)13-4-6-24-7-5-13/h1-9,11,18H,10,12H2,(H,25,26)/t18-/m0/s1. The molecule has 3 aromatic rings. The van der Waals surface area contributed by atoms with Crippen LogP contribution in [0.25, 0.3) is 11.1 Å². The van der Waals surface area contributed by atoms with Crippen LogP contribution in [0.5, 0.6) is 5.75 Å². The number of aromatic nitrogens is 1. The molecule has 2 aromatic carbocycles. The molecular formula is C21H16ClFN2O2. The van der Waals surface area contributed by atoms with Crippen LogP contribution in [0.1, 0.15) is 15.9 Å². The fourth-order valence-corrected chi connectivity index (χ4v) is 3.43. The normalized spacial score (nSPS) is 15.1. The van der Waals surface area contributed by atoms with Crippen LogP contribution in [0.3, 0.4) is 0 Å². The van der Waals surface area contributed by atoms with Crippen molar-refractivity contribution in [2.24, 2.45) is 0 Å². The molecule has 0 saturated carbocycles. The number of nitrogens with one attached hydrogen (secondary N) is 1. The van der Waals surface area contributed by atoms with Gasteiger partial charge in [0.05, 0.1) is 6.54 Å². The molecule has 0 unspecified atom stereocenters. The Kier molecular flexibility index (Phi) is 4.77. The molecule has 0 fully saturated rings. The Labute approximate surface area is 161 Å². The van der Waals surface area contributed by atoms with E-state index in [1.54, 1.807) is 18.5 Å². The average molecular weight is 383 g/mol. The number of pyridine rings is 1. The van der Waals surface area contributed by atoms with Crippen molar-refractivity contribution in [3.05, 3.63) is 82.9 Å². The van der Waals surface area contributed by atoms with Gasteiger partial charge in [-0.25, -0.2) is 4.39 Å². The van der Waals surface area contributed by atoms with Crippen molar-refractivity contribution in [2.45, 2.75) is 12.5 Å². The Balaban J connectivity index is 1.49. The van der Waals surface area contributed by atoms with Crippen molar-refractivity contribution in [3.8, 4) is 16.9 Å². The molecule has 4 rings (SSSR count). The van der Waals surface area contributed by atoms with Crippen LogP contribution in [0.2, 0.25) is 5.02 Å². The summed E-state index contributed by atoms with van der Waals surface area (Å²) in [5, 5.41) is 3.44. The van der Waals surface area contributed by atoms with Crippen LogP contribution in [0.15, 0.2) is 60.9 Å². The number of hydrogen-bond acceptors (Lipinski definition) is 3. The predicted molar refractivity (Wildman–Crippen MR) is 102 cm³/mol. The fourth-order valence-electron chi connectivity index (χ4n) is 3.19. The number of ether oxygens (including phenoxy) is 1. The molecule has 1 atom stereocenters. The fraction of sp³-hybridized carbons (Fsp3) is 0.143. The highest BCUT2D eigenvalue weighted by molar-refractivity contribution is 6.31. The van der Waals surface area contributed by atoms with E-state index in [2.05, 4.69) is 10.3 Å². The lowest BCUT2D eigenvalue weighted by atomic mass is 10.0. The number of carbonyl (C=O) groups excluding carboxylic acids is 1. The number of halogens is 2. The summed E-state index contributed by atoms with van der Waals surface area (Å²) < 4.78 is 19.4. The number of amides is 1. The van der Waals surface area contributed by atoms with Crippen molar-refractivity contribution in [2.75, 3.05) is 6.54 Å². The van der Waals surface area contributed by atoms with Gasteiger partial charge in [-0.2, -0.15) is 0 Å². The number of benzene rings is 2. The lowest BCUT2D eigenvalue weighted by molar-refractivity contribution is 0.0933. The molecule has 1 aromatic heterocycles. The highest BCUT2D eigenvalue weighted by Gasteiger charge is 2.27. The van der Waals surface area contributed by atoms with Gasteiger partial charge in [-0.3, -0.25) is 9.78 Å². The third-order valence-electron chi connectivity index (χ3n) is 4.43. The summed E-state index contributed by atoms with van der Waals surface area (Å²) in [6, 6.07) is 13.1. The summed E-state index contributed by atoms with van der Waals surface area (Å²) in [6.07, 6.45) is 3.86. The van der Waals surface area contributed by atoms with E-state index >= 15 is 0 Å². The van der Waals surface area contributed by atoms with Gasteiger partial charge in [0.15, 0.2) is 0 Å². The largest absolute Gasteiger partial charge is 0.487 e. The third-order valence-corrected chi connectivity index (χ3v) is 4.65. The van der Waals surface area contributed by atoms with Gasteiger partial charge in [-0.15, -0.1) is 0 Å². The predicted octanol–water partition coefficient (Wildman–Crippen LogP) is 4.27. The summed E-state index contributed by atoms with van der Waals surface area (Å²) >= 11 is 6.27. The van der Waals surface area contributed by atoms with Crippen LogP contribution in [-0.4, -0.2) is 23.5 Å². The van der Waals surface area contributed by atoms with Crippen LogP contribution in [0, 0.1) is 5.82 Å². The Morgan fingerprint density at radius 3 is 2.81 bits per heavy atom. The first-order valence-corrected chi connectivity index (χ1v) is 8.91. The molecule has 0 bridgehead atoms. The zero-order valence-corrected chi connectivity index (χ0v) is 15.0. The van der Waals surface area contributed by atoms with E-state index in [0.717, 1.165) is 22.4 Å². The SMILES string of the molecule is O=C(NC[C@@H]1Cc2cc(Cl)cc(-c3ccncc3)c2O1)c1cccc(F)c1. The van der Waals surface area contributed by atoms with Gasteiger partial charge in [0, 0.05) is 40.5 Å². The summed E-state index contributed by atoms with van der Waals surface area (Å²) in [6.45, 7) is 0.317. The Morgan fingerprint density at radius 2 is 2.04 bits per heavy atom. The highest BCUT2D eigenvalue weighted by atomic mass is 35.5. The molecule has 0 radical (unpaired) electrons. The highest BCUT2D eigenvalue weighted by Crippen LogP contribution is 2.40. The van der Waals surface area contributed by atoms with Gasteiger partial charge in [0.2, 0.25) is 0 Å². The molecule has 4 nitrogen and oxygen atoms in total. The number of nitrogens with zero attached hydrogens (tertiary/aromatic N) is 1. The van der Waals surface area contributed by atoms with Crippen molar-refractivity contribution in [3.63, 3.8) is 0 Å².